The summed E-state index contributed by atoms with van der Waals surface area (Å²) in [6.45, 7) is 1.35. The number of ether oxygens (including phenoxy) is 3. The number of amides is 1. The molecule has 2 saturated heterocycles. The molecule has 10 atom stereocenters. The summed E-state index contributed by atoms with van der Waals surface area (Å²) < 4.78 is 16.6. The van der Waals surface area contributed by atoms with Crippen LogP contribution in [0.5, 0.6) is 0 Å². The van der Waals surface area contributed by atoms with Crippen molar-refractivity contribution >= 4 is 17.7 Å². The average Bonchev–Trinajstić information content (AvgIpc) is 3.00. The number of rotatable bonds is 22. The molecular formula is C30H57NO11S. The number of unbranched alkanes of at least 4 members (excludes halogenated alkanes) is 12. The van der Waals surface area contributed by atoms with Gasteiger partial charge in [-0.15, -0.1) is 11.8 Å². The van der Waals surface area contributed by atoms with Gasteiger partial charge in [-0.1, -0.05) is 84.0 Å². The zero-order valence-corrected chi connectivity index (χ0v) is 26.5. The monoisotopic (exact) mass is 639 g/mol. The Kier molecular flexibility index (Phi) is 19.8. The second-order valence-electron chi connectivity index (χ2n) is 11.7. The molecule has 2 rings (SSSR count). The molecule has 254 valence electrons. The van der Waals surface area contributed by atoms with Gasteiger partial charge in [-0.25, -0.2) is 0 Å². The van der Waals surface area contributed by atoms with Gasteiger partial charge in [0, 0.05) is 18.7 Å². The molecular weight excluding hydrogens is 582 g/mol. The first-order valence-electron chi connectivity index (χ1n) is 16.2. The first kappa shape index (κ1) is 38.6. The van der Waals surface area contributed by atoms with E-state index >= 15 is 0 Å². The maximum atomic E-state index is 12.2. The third kappa shape index (κ3) is 13.4. The maximum Gasteiger partial charge on any atom is 0.220 e. The molecule has 2 aliphatic heterocycles. The number of nitrogens with one attached hydrogen (secondary N) is 1. The fourth-order valence-electron chi connectivity index (χ4n) is 5.45. The van der Waals surface area contributed by atoms with Crippen LogP contribution in [0.15, 0.2) is 0 Å². The van der Waals surface area contributed by atoms with E-state index in [1.165, 1.54) is 76.0 Å². The van der Waals surface area contributed by atoms with E-state index < -0.39 is 73.8 Å². The second-order valence-corrected chi connectivity index (χ2v) is 12.9. The maximum absolute atomic E-state index is 12.2. The Hall–Kier alpha value is -0.580. The lowest BCUT2D eigenvalue weighted by molar-refractivity contribution is -0.338. The lowest BCUT2D eigenvalue weighted by Gasteiger charge is -2.46. The number of carbonyl (C=O) groups excluding carboxylic acids is 1. The van der Waals surface area contributed by atoms with Gasteiger partial charge >= 0.3 is 0 Å². The van der Waals surface area contributed by atoms with Crippen LogP contribution in [0.25, 0.3) is 0 Å². The van der Waals surface area contributed by atoms with Crippen LogP contribution in [0.2, 0.25) is 0 Å². The summed E-state index contributed by atoms with van der Waals surface area (Å²) in [4.78, 5) is 12.2. The normalized spacial score (nSPS) is 33.0. The van der Waals surface area contributed by atoms with Gasteiger partial charge in [0.25, 0.3) is 0 Å². The van der Waals surface area contributed by atoms with Crippen LogP contribution in [0.1, 0.15) is 96.8 Å². The Morgan fingerprint density at radius 3 is 1.81 bits per heavy atom. The molecule has 43 heavy (non-hydrogen) atoms. The molecule has 2 fully saturated rings. The van der Waals surface area contributed by atoms with Gasteiger partial charge in [-0.05, 0) is 6.42 Å². The lowest BCUT2D eigenvalue weighted by atomic mass is 9.97. The largest absolute Gasteiger partial charge is 0.394 e. The average molecular weight is 640 g/mol. The number of aliphatic hydroxyl groups is 7. The fourth-order valence-corrected chi connectivity index (χ4v) is 6.48. The minimum absolute atomic E-state index is 0.0324. The third-order valence-corrected chi connectivity index (χ3v) is 9.33. The second kappa shape index (κ2) is 22.0. The first-order chi connectivity index (χ1) is 20.7. The minimum atomic E-state index is -1.71. The Bertz CT molecular complexity index is 734. The highest BCUT2D eigenvalue weighted by molar-refractivity contribution is 7.99. The van der Waals surface area contributed by atoms with Crippen molar-refractivity contribution in [2.75, 3.05) is 25.5 Å². The number of thioether (sulfide) groups is 1. The molecule has 1 amide bonds. The van der Waals surface area contributed by atoms with Crippen LogP contribution in [-0.4, -0.2) is 128 Å². The van der Waals surface area contributed by atoms with E-state index in [0.29, 0.717) is 18.7 Å². The SMILES string of the molecule is CCCCCCCCCCCCCCCC(=O)NCCS[C@@H]1O[C@H](CO)[C@@H](O[C@@H]2O[C@H](CO)[C@H](O)[C@H](O)[C@H]2O)[C@H](O)[C@H]1O. The van der Waals surface area contributed by atoms with Crippen LogP contribution in [0.3, 0.4) is 0 Å². The fraction of sp³-hybridized carbons (Fsp3) is 0.967. The number of aliphatic hydroxyl groups excluding tert-OH is 7. The van der Waals surface area contributed by atoms with E-state index in [1.54, 1.807) is 0 Å². The Labute approximate surface area is 260 Å². The summed E-state index contributed by atoms with van der Waals surface area (Å²) in [5, 5.41) is 73.5. The topological polar surface area (TPSA) is 198 Å². The van der Waals surface area contributed by atoms with Gasteiger partial charge < -0.3 is 55.3 Å². The molecule has 0 unspecified atom stereocenters. The molecule has 0 saturated carbocycles. The smallest absolute Gasteiger partial charge is 0.220 e. The molecule has 0 aromatic carbocycles. The zero-order valence-electron chi connectivity index (χ0n) is 25.7. The molecule has 12 nitrogen and oxygen atoms in total. The quantitative estimate of drug-likeness (QED) is 0.0782. The molecule has 0 aromatic rings. The minimum Gasteiger partial charge on any atom is -0.394 e. The highest BCUT2D eigenvalue weighted by Crippen LogP contribution is 2.32. The zero-order chi connectivity index (χ0) is 31.6. The number of hydrogen-bond donors (Lipinski definition) is 8. The van der Waals surface area contributed by atoms with Crippen molar-refractivity contribution in [1.82, 2.24) is 5.32 Å². The molecule has 2 aliphatic rings. The van der Waals surface area contributed by atoms with Crippen molar-refractivity contribution in [3.8, 4) is 0 Å². The first-order valence-corrected chi connectivity index (χ1v) is 17.3. The van der Waals surface area contributed by atoms with Crippen molar-refractivity contribution in [1.29, 1.82) is 0 Å². The summed E-state index contributed by atoms with van der Waals surface area (Å²) >= 11 is 1.17. The predicted octanol–water partition coefficient (Wildman–Crippen LogP) is 0.941. The van der Waals surface area contributed by atoms with E-state index in [2.05, 4.69) is 12.2 Å². The number of carbonyl (C=O) groups is 1. The number of hydrogen-bond acceptors (Lipinski definition) is 12. The molecule has 0 aromatic heterocycles. The van der Waals surface area contributed by atoms with Crippen molar-refractivity contribution in [2.24, 2.45) is 0 Å². The van der Waals surface area contributed by atoms with Crippen LogP contribution in [0, 0.1) is 0 Å². The van der Waals surface area contributed by atoms with Crippen molar-refractivity contribution in [3.05, 3.63) is 0 Å². The Morgan fingerprint density at radius 2 is 1.26 bits per heavy atom. The molecule has 8 N–H and O–H groups in total. The summed E-state index contributed by atoms with van der Waals surface area (Å²) in [5.41, 5.74) is -0.917. The van der Waals surface area contributed by atoms with Crippen LogP contribution < -0.4 is 5.32 Å². The third-order valence-electron chi connectivity index (χ3n) is 8.17. The Morgan fingerprint density at radius 1 is 0.698 bits per heavy atom. The molecule has 13 heteroatoms. The standard InChI is InChI=1S/C30H57NO11S/c1-2-3-4-5-6-7-8-9-10-11-12-13-14-15-22(34)31-16-17-43-30-27(39)25(37)28(21(19-33)41-30)42-29-26(38)24(36)23(35)20(18-32)40-29/h20-21,23-30,32-33,35-39H,2-19H2,1H3,(H,31,34)/t20-,21-,23+,24+,25-,26-,27-,28-,29+,30+/m1/s1. The summed E-state index contributed by atoms with van der Waals surface area (Å²) in [6.07, 6.45) is 3.52. The molecule has 0 aliphatic carbocycles. The molecule has 2 heterocycles. The molecule has 0 spiro atoms. The summed E-state index contributed by atoms with van der Waals surface area (Å²) in [6, 6.07) is 0. The van der Waals surface area contributed by atoms with Crippen molar-refractivity contribution in [3.63, 3.8) is 0 Å². The van der Waals surface area contributed by atoms with Gasteiger partial charge in [0.1, 0.15) is 54.3 Å². The Balaban J connectivity index is 1.58. The summed E-state index contributed by atoms with van der Waals surface area (Å²) in [5.74, 6) is 0.366. The van der Waals surface area contributed by atoms with Crippen LogP contribution >= 0.6 is 11.8 Å². The van der Waals surface area contributed by atoms with E-state index in [9.17, 15) is 40.5 Å². The van der Waals surface area contributed by atoms with E-state index in [-0.39, 0.29) is 5.91 Å². The van der Waals surface area contributed by atoms with Crippen molar-refractivity contribution < 1.29 is 54.8 Å². The van der Waals surface area contributed by atoms with Gasteiger partial charge in [-0.3, -0.25) is 4.79 Å². The van der Waals surface area contributed by atoms with Crippen molar-refractivity contribution in [2.45, 2.75) is 157 Å². The van der Waals surface area contributed by atoms with E-state index in [4.69, 9.17) is 14.2 Å². The van der Waals surface area contributed by atoms with Gasteiger partial charge in [0.05, 0.1) is 13.2 Å². The highest BCUT2D eigenvalue weighted by Gasteiger charge is 2.50. The van der Waals surface area contributed by atoms with Gasteiger partial charge in [0.2, 0.25) is 5.91 Å². The highest BCUT2D eigenvalue weighted by atomic mass is 32.2. The molecule has 0 radical (unpaired) electrons. The predicted molar refractivity (Wildman–Crippen MR) is 162 cm³/mol. The van der Waals surface area contributed by atoms with E-state index in [1.807, 2.05) is 0 Å². The molecule has 0 bridgehead atoms. The summed E-state index contributed by atoms with van der Waals surface area (Å²) in [7, 11) is 0. The van der Waals surface area contributed by atoms with Gasteiger partial charge in [-0.2, -0.15) is 0 Å². The lowest BCUT2D eigenvalue weighted by Crippen LogP contribution is -2.64. The van der Waals surface area contributed by atoms with Crippen LogP contribution in [-0.2, 0) is 19.0 Å². The van der Waals surface area contributed by atoms with E-state index in [0.717, 1.165) is 19.3 Å². The van der Waals surface area contributed by atoms with Crippen LogP contribution in [0.4, 0.5) is 0 Å². The van der Waals surface area contributed by atoms with Gasteiger partial charge in [0.15, 0.2) is 6.29 Å².